The molecule has 0 spiro atoms. The second-order valence-electron chi connectivity index (χ2n) is 8.47. The molecule has 0 aromatic heterocycles. The van der Waals surface area contributed by atoms with Gasteiger partial charge in [0.05, 0.1) is 43.4 Å². The zero-order valence-corrected chi connectivity index (χ0v) is 15.4. The van der Waals surface area contributed by atoms with Gasteiger partial charge in [-0.1, -0.05) is 20.8 Å². The quantitative estimate of drug-likeness (QED) is 0.661. The summed E-state index contributed by atoms with van der Waals surface area (Å²) in [6.07, 6.45) is 2.05. The summed E-state index contributed by atoms with van der Waals surface area (Å²) < 4.78 is 15.4. The first-order valence-corrected chi connectivity index (χ1v) is 8.29. The average molecular weight is 292 g/mol. The minimum absolute atomic E-state index is 0.163. The maximum Gasteiger partial charge on any atom is 0.0997 e. The fourth-order valence-electron chi connectivity index (χ4n) is 2.61. The SMILES string of the molecule is CN(CCC[N+](C)(C)C)S(=O)C(C)(C)CC(C)(C)C. The van der Waals surface area contributed by atoms with Crippen LogP contribution in [-0.2, 0) is 11.0 Å². The summed E-state index contributed by atoms with van der Waals surface area (Å²) in [7, 11) is 7.64. The van der Waals surface area contributed by atoms with E-state index in [4.69, 9.17) is 0 Å². The van der Waals surface area contributed by atoms with Gasteiger partial charge in [0.15, 0.2) is 0 Å². The largest absolute Gasteiger partial charge is 0.331 e. The van der Waals surface area contributed by atoms with Gasteiger partial charge in [-0.2, -0.15) is 0 Å². The molecule has 0 aromatic carbocycles. The fourth-order valence-corrected chi connectivity index (χ4v) is 4.31. The van der Waals surface area contributed by atoms with Crippen molar-refractivity contribution in [3.63, 3.8) is 0 Å². The molecule has 19 heavy (non-hydrogen) atoms. The van der Waals surface area contributed by atoms with Crippen molar-refractivity contribution < 1.29 is 8.69 Å². The van der Waals surface area contributed by atoms with Crippen LogP contribution < -0.4 is 0 Å². The molecular formula is C15H35N2OS+. The second-order valence-corrected chi connectivity index (χ2v) is 10.7. The molecule has 0 rings (SSSR count). The Morgan fingerprint density at radius 1 is 1.05 bits per heavy atom. The molecule has 1 unspecified atom stereocenters. The zero-order chi connectivity index (χ0) is 15.5. The van der Waals surface area contributed by atoms with E-state index >= 15 is 0 Å². The van der Waals surface area contributed by atoms with E-state index in [1.165, 1.54) is 0 Å². The van der Waals surface area contributed by atoms with Crippen LogP contribution in [-0.4, -0.2) is 59.0 Å². The van der Waals surface area contributed by atoms with Crippen molar-refractivity contribution >= 4 is 11.0 Å². The molecule has 116 valence electrons. The van der Waals surface area contributed by atoms with Crippen LogP contribution in [0.25, 0.3) is 0 Å². The molecule has 0 N–H and O–H groups in total. The molecule has 0 bridgehead atoms. The highest BCUT2D eigenvalue weighted by Crippen LogP contribution is 2.31. The van der Waals surface area contributed by atoms with Crippen LogP contribution >= 0.6 is 0 Å². The van der Waals surface area contributed by atoms with Crippen LogP contribution in [0.2, 0.25) is 0 Å². The number of rotatable bonds is 7. The van der Waals surface area contributed by atoms with E-state index in [0.717, 1.165) is 30.4 Å². The Morgan fingerprint density at radius 2 is 1.53 bits per heavy atom. The predicted octanol–water partition coefficient (Wildman–Crippen LogP) is 2.89. The molecule has 0 aromatic rings. The minimum Gasteiger partial charge on any atom is -0.331 e. The number of hydrogen-bond donors (Lipinski definition) is 0. The van der Waals surface area contributed by atoms with Gasteiger partial charge in [0.1, 0.15) is 0 Å². The van der Waals surface area contributed by atoms with E-state index in [2.05, 4.69) is 55.8 Å². The van der Waals surface area contributed by atoms with Gasteiger partial charge in [-0.3, -0.25) is 0 Å². The first-order chi connectivity index (χ1) is 8.25. The molecule has 0 amide bonds. The number of quaternary nitrogens is 1. The lowest BCUT2D eigenvalue weighted by Crippen LogP contribution is -2.42. The predicted molar refractivity (Wildman–Crippen MR) is 86.4 cm³/mol. The maximum absolute atomic E-state index is 12.6. The second kappa shape index (κ2) is 6.68. The number of hydrogen-bond acceptors (Lipinski definition) is 1. The summed E-state index contributed by atoms with van der Waals surface area (Å²) in [5.41, 5.74) is 0.211. The van der Waals surface area contributed by atoms with Crippen molar-refractivity contribution in [1.29, 1.82) is 0 Å². The molecule has 0 saturated carbocycles. The lowest BCUT2D eigenvalue weighted by Gasteiger charge is -2.34. The van der Waals surface area contributed by atoms with E-state index in [1.54, 1.807) is 0 Å². The topological polar surface area (TPSA) is 20.3 Å². The monoisotopic (exact) mass is 291 g/mol. The van der Waals surface area contributed by atoms with Gasteiger partial charge in [-0.25, -0.2) is 8.51 Å². The highest BCUT2D eigenvalue weighted by Gasteiger charge is 2.33. The van der Waals surface area contributed by atoms with Crippen LogP contribution in [0.5, 0.6) is 0 Å². The summed E-state index contributed by atoms with van der Waals surface area (Å²) in [5, 5.41) is 0. The van der Waals surface area contributed by atoms with Crippen molar-refractivity contribution in [1.82, 2.24) is 4.31 Å². The van der Waals surface area contributed by atoms with E-state index < -0.39 is 11.0 Å². The highest BCUT2D eigenvalue weighted by atomic mass is 32.2. The van der Waals surface area contributed by atoms with Gasteiger partial charge in [0, 0.05) is 13.0 Å². The van der Waals surface area contributed by atoms with Gasteiger partial charge in [-0.05, 0) is 32.7 Å². The molecule has 0 heterocycles. The third-order valence-electron chi connectivity index (χ3n) is 3.01. The summed E-state index contributed by atoms with van der Waals surface area (Å²) in [6.45, 7) is 12.9. The van der Waals surface area contributed by atoms with Gasteiger partial charge >= 0.3 is 0 Å². The Bertz CT molecular complexity index is 300. The molecule has 0 aliphatic heterocycles. The first-order valence-electron chi connectivity index (χ1n) is 7.18. The first kappa shape index (κ1) is 19.1. The Morgan fingerprint density at radius 3 is 1.89 bits per heavy atom. The van der Waals surface area contributed by atoms with Crippen LogP contribution in [0.3, 0.4) is 0 Å². The zero-order valence-electron chi connectivity index (χ0n) is 14.5. The standard InChI is InChI=1S/C15H35N2OS/c1-14(2,3)13-15(4,5)19(18)16(6)11-10-12-17(7,8)9/h10-13H2,1-9H3/q+1. The third kappa shape index (κ3) is 8.77. The molecule has 3 nitrogen and oxygen atoms in total. The molecule has 0 radical (unpaired) electrons. The van der Waals surface area contributed by atoms with Gasteiger partial charge in [0.25, 0.3) is 0 Å². The van der Waals surface area contributed by atoms with E-state index in [9.17, 15) is 4.21 Å². The molecule has 1 atom stereocenters. The Hall–Kier alpha value is 0.0700. The summed E-state index contributed by atoms with van der Waals surface area (Å²) in [6, 6.07) is 0. The van der Waals surface area contributed by atoms with E-state index in [-0.39, 0.29) is 10.2 Å². The van der Waals surface area contributed by atoms with Crippen molar-refractivity contribution in [2.24, 2.45) is 5.41 Å². The van der Waals surface area contributed by atoms with Crippen LogP contribution in [0.4, 0.5) is 0 Å². The molecular weight excluding hydrogens is 256 g/mol. The lowest BCUT2D eigenvalue weighted by atomic mass is 9.86. The Kier molecular flexibility index (Phi) is 6.71. The fraction of sp³-hybridized carbons (Fsp3) is 1.00. The summed E-state index contributed by atoms with van der Waals surface area (Å²) >= 11 is 0. The average Bonchev–Trinajstić information content (AvgIpc) is 2.10. The van der Waals surface area contributed by atoms with E-state index in [1.807, 2.05) is 11.4 Å². The van der Waals surface area contributed by atoms with Crippen molar-refractivity contribution in [2.45, 2.75) is 52.2 Å². The van der Waals surface area contributed by atoms with Crippen molar-refractivity contribution in [3.8, 4) is 0 Å². The normalized spacial score (nSPS) is 15.9. The molecule has 0 saturated heterocycles. The van der Waals surface area contributed by atoms with Gasteiger partial charge < -0.3 is 4.48 Å². The number of nitrogens with zero attached hydrogens (tertiary/aromatic N) is 2. The van der Waals surface area contributed by atoms with Crippen molar-refractivity contribution in [2.75, 3.05) is 41.3 Å². The van der Waals surface area contributed by atoms with Gasteiger partial charge in [0.2, 0.25) is 0 Å². The van der Waals surface area contributed by atoms with Crippen LogP contribution in [0.1, 0.15) is 47.5 Å². The molecule has 4 heteroatoms. The van der Waals surface area contributed by atoms with Gasteiger partial charge in [-0.15, -0.1) is 0 Å². The summed E-state index contributed by atoms with van der Waals surface area (Å²) in [4.78, 5) is 0. The third-order valence-corrected chi connectivity index (χ3v) is 4.85. The minimum atomic E-state index is -0.923. The van der Waals surface area contributed by atoms with E-state index in [0.29, 0.717) is 0 Å². The molecule has 0 aliphatic rings. The Labute approximate surface area is 123 Å². The Balaban J connectivity index is 4.40. The van der Waals surface area contributed by atoms with Crippen LogP contribution in [0.15, 0.2) is 0 Å². The summed E-state index contributed by atoms with van der Waals surface area (Å²) in [5.74, 6) is 0. The van der Waals surface area contributed by atoms with Crippen molar-refractivity contribution in [3.05, 3.63) is 0 Å². The van der Waals surface area contributed by atoms with Crippen LogP contribution in [0, 0.1) is 5.41 Å². The maximum atomic E-state index is 12.6. The smallest absolute Gasteiger partial charge is 0.0997 e. The molecule has 0 fully saturated rings. The molecule has 0 aliphatic carbocycles. The lowest BCUT2D eigenvalue weighted by molar-refractivity contribution is -0.870. The highest BCUT2D eigenvalue weighted by molar-refractivity contribution is 7.84.